The molecule has 0 fully saturated rings. The van der Waals surface area contributed by atoms with Crippen LogP contribution >= 0.6 is 0 Å². The van der Waals surface area contributed by atoms with Crippen molar-refractivity contribution >= 4 is 0 Å². The van der Waals surface area contributed by atoms with E-state index in [-0.39, 0.29) is 11.2 Å². The Morgan fingerprint density at radius 2 is 1.00 bits per heavy atom. The predicted octanol–water partition coefficient (Wildman–Crippen LogP) is 2.83. The molecule has 0 aromatic heterocycles. The summed E-state index contributed by atoms with van der Waals surface area (Å²) < 4.78 is 0. The van der Waals surface area contributed by atoms with E-state index in [1.165, 1.54) is 0 Å². The predicted molar refractivity (Wildman–Crippen MR) is 53.3 cm³/mol. The summed E-state index contributed by atoms with van der Waals surface area (Å²) in [5.41, 5.74) is -0.696. The van der Waals surface area contributed by atoms with Crippen LogP contribution in [0.2, 0.25) is 0 Å². The molecule has 0 aromatic carbocycles. The molecule has 0 atom stereocenters. The summed E-state index contributed by atoms with van der Waals surface area (Å²) in [7, 11) is 0. The highest BCUT2D eigenvalue weighted by Crippen LogP contribution is 2.12. The molecule has 0 aliphatic heterocycles. The average molecular weight is 206 g/mol. The lowest BCUT2D eigenvalue weighted by atomic mass is 10.2. The first kappa shape index (κ1) is 13.8. The average Bonchev–Trinajstić information content (AvgIpc) is 1.94. The fourth-order valence-electron chi connectivity index (χ4n) is 0.440. The highest BCUT2D eigenvalue weighted by atomic mass is 17.3. The molecule has 0 aliphatic carbocycles. The Bertz CT molecular complexity index is 136. The van der Waals surface area contributed by atoms with E-state index in [2.05, 4.69) is 0 Å². The van der Waals surface area contributed by atoms with Crippen LogP contribution in [-0.4, -0.2) is 17.5 Å². The Morgan fingerprint density at radius 1 is 0.714 bits per heavy atom. The normalized spacial score (nSPS) is 13.7. The van der Waals surface area contributed by atoms with Gasteiger partial charge in [0.1, 0.15) is 0 Å². The smallest absolute Gasteiger partial charge is 0.221 e. The second-order valence-corrected chi connectivity index (χ2v) is 5.15. The van der Waals surface area contributed by atoms with Gasteiger partial charge in [-0.1, -0.05) is 0 Å². The largest absolute Gasteiger partial charge is 0.228 e. The number of rotatable bonds is 4. The van der Waals surface area contributed by atoms with Crippen molar-refractivity contribution in [2.45, 2.75) is 66.0 Å². The lowest BCUT2D eigenvalue weighted by molar-refractivity contribution is -0.492. The highest BCUT2D eigenvalue weighted by Gasteiger charge is 2.18. The van der Waals surface area contributed by atoms with E-state index in [1.807, 2.05) is 41.5 Å². The zero-order valence-corrected chi connectivity index (χ0v) is 10.2. The van der Waals surface area contributed by atoms with E-state index in [9.17, 15) is 0 Å². The maximum Gasteiger partial charge on any atom is 0.221 e. The molecule has 0 bridgehead atoms. The summed E-state index contributed by atoms with van der Waals surface area (Å²) in [4.78, 5) is 20.0. The van der Waals surface area contributed by atoms with E-state index >= 15 is 0 Å². The van der Waals surface area contributed by atoms with Crippen LogP contribution < -0.4 is 0 Å². The van der Waals surface area contributed by atoms with Gasteiger partial charge in [-0.25, -0.2) is 19.6 Å². The van der Waals surface area contributed by atoms with Gasteiger partial charge in [0, 0.05) is 0 Å². The number of hydrogen-bond acceptors (Lipinski definition) is 4. The zero-order chi connectivity index (χ0) is 11.4. The van der Waals surface area contributed by atoms with E-state index in [4.69, 9.17) is 19.6 Å². The molecule has 0 saturated carbocycles. The Balaban J connectivity index is 3.62. The molecule has 0 aliphatic rings. The first-order valence-corrected chi connectivity index (χ1v) is 4.79. The van der Waals surface area contributed by atoms with Crippen LogP contribution in [0.25, 0.3) is 0 Å². The van der Waals surface area contributed by atoms with Gasteiger partial charge >= 0.3 is 0 Å². The first-order valence-electron chi connectivity index (χ1n) is 4.79. The van der Waals surface area contributed by atoms with Crippen LogP contribution in [0.4, 0.5) is 0 Å². The van der Waals surface area contributed by atoms with Crippen LogP contribution in [0, 0.1) is 0 Å². The molecule has 0 aromatic rings. The van der Waals surface area contributed by atoms with Gasteiger partial charge in [0.15, 0.2) is 0 Å². The molecule has 0 rings (SSSR count). The van der Waals surface area contributed by atoms with Crippen molar-refractivity contribution in [2.75, 3.05) is 0 Å². The summed E-state index contributed by atoms with van der Waals surface area (Å²) in [6.07, 6.45) is -0.548. The lowest BCUT2D eigenvalue weighted by Gasteiger charge is -2.23. The molecule has 0 spiro atoms. The molecule has 0 heterocycles. The summed E-state index contributed by atoms with van der Waals surface area (Å²) >= 11 is 0. The first-order chi connectivity index (χ1) is 6.10. The van der Waals surface area contributed by atoms with Crippen molar-refractivity contribution in [1.82, 2.24) is 0 Å². The van der Waals surface area contributed by atoms with E-state index < -0.39 is 6.29 Å². The standard InChI is InChI=1S/C10H22O4/c1-8(11-13-9(2,3)4)12-14-10(5,6)7/h8H,1-7H3. The zero-order valence-electron chi connectivity index (χ0n) is 10.2. The Labute approximate surface area is 86.3 Å². The van der Waals surface area contributed by atoms with Crippen molar-refractivity contribution in [1.29, 1.82) is 0 Å². The fourth-order valence-corrected chi connectivity index (χ4v) is 0.440. The van der Waals surface area contributed by atoms with Crippen LogP contribution in [0.3, 0.4) is 0 Å². The molecule has 86 valence electrons. The minimum Gasteiger partial charge on any atom is -0.228 e. The maximum absolute atomic E-state index is 5.05. The van der Waals surface area contributed by atoms with Gasteiger partial charge in [-0.2, -0.15) is 0 Å². The van der Waals surface area contributed by atoms with Gasteiger partial charge in [0.2, 0.25) is 6.29 Å². The summed E-state index contributed by atoms with van der Waals surface area (Å²) in [6.45, 7) is 13.1. The quantitative estimate of drug-likeness (QED) is 0.402. The van der Waals surface area contributed by atoms with Crippen molar-refractivity contribution in [3.63, 3.8) is 0 Å². The third-order valence-corrected chi connectivity index (χ3v) is 0.867. The topological polar surface area (TPSA) is 36.9 Å². The van der Waals surface area contributed by atoms with Crippen molar-refractivity contribution in [3.05, 3.63) is 0 Å². The van der Waals surface area contributed by atoms with Crippen molar-refractivity contribution in [2.24, 2.45) is 0 Å². The second kappa shape index (κ2) is 5.07. The molecule has 0 radical (unpaired) electrons. The molecule has 0 amide bonds. The van der Waals surface area contributed by atoms with Crippen LogP contribution in [0.5, 0.6) is 0 Å². The minimum absolute atomic E-state index is 0.348. The van der Waals surface area contributed by atoms with Crippen molar-refractivity contribution < 1.29 is 19.6 Å². The van der Waals surface area contributed by atoms with Crippen LogP contribution in [-0.2, 0) is 19.6 Å². The Kier molecular flexibility index (Phi) is 5.01. The summed E-state index contributed by atoms with van der Waals surface area (Å²) in [5, 5.41) is 0. The third-order valence-electron chi connectivity index (χ3n) is 0.867. The van der Waals surface area contributed by atoms with E-state index in [0.29, 0.717) is 0 Å². The van der Waals surface area contributed by atoms with E-state index in [0.717, 1.165) is 0 Å². The fraction of sp³-hybridized carbons (Fsp3) is 1.00. The molecule has 0 N–H and O–H groups in total. The molecule has 4 heteroatoms. The maximum atomic E-state index is 5.05. The van der Waals surface area contributed by atoms with Gasteiger partial charge in [-0.05, 0) is 48.5 Å². The second-order valence-electron chi connectivity index (χ2n) is 5.15. The van der Waals surface area contributed by atoms with Gasteiger partial charge in [0.25, 0.3) is 0 Å². The van der Waals surface area contributed by atoms with Gasteiger partial charge < -0.3 is 0 Å². The van der Waals surface area contributed by atoms with Crippen LogP contribution in [0.15, 0.2) is 0 Å². The molecular formula is C10H22O4. The monoisotopic (exact) mass is 206 g/mol. The van der Waals surface area contributed by atoms with Crippen LogP contribution in [0.1, 0.15) is 48.5 Å². The molecule has 4 nitrogen and oxygen atoms in total. The summed E-state index contributed by atoms with van der Waals surface area (Å²) in [5.74, 6) is 0. The van der Waals surface area contributed by atoms with Crippen molar-refractivity contribution in [3.8, 4) is 0 Å². The molecule has 0 unspecified atom stereocenters. The molecule has 14 heavy (non-hydrogen) atoms. The summed E-state index contributed by atoms with van der Waals surface area (Å²) in [6, 6.07) is 0. The van der Waals surface area contributed by atoms with Gasteiger partial charge in [-0.3, -0.25) is 0 Å². The van der Waals surface area contributed by atoms with Gasteiger partial charge in [-0.15, -0.1) is 0 Å². The molecular weight excluding hydrogens is 184 g/mol. The Hall–Kier alpha value is -0.160. The Morgan fingerprint density at radius 3 is 1.21 bits per heavy atom. The van der Waals surface area contributed by atoms with E-state index in [1.54, 1.807) is 6.92 Å². The minimum atomic E-state index is -0.548. The molecule has 0 saturated heterocycles. The SMILES string of the molecule is CC(OOC(C)(C)C)OOC(C)(C)C. The lowest BCUT2D eigenvalue weighted by Crippen LogP contribution is -2.27. The number of hydrogen-bond donors (Lipinski definition) is 0. The van der Waals surface area contributed by atoms with Gasteiger partial charge in [0.05, 0.1) is 11.2 Å². The third kappa shape index (κ3) is 9.92. The highest BCUT2D eigenvalue weighted by molar-refractivity contribution is 4.55.